The molecule has 0 atom stereocenters. The third-order valence-corrected chi connectivity index (χ3v) is 2.75. The maximum Gasteiger partial charge on any atom is 0.131 e. The lowest BCUT2D eigenvalue weighted by molar-refractivity contribution is 0.881. The molecule has 2 N–H and O–H groups in total. The number of nitrogens with zero attached hydrogens (tertiary/aromatic N) is 3. The fraction of sp³-hybridized carbons (Fsp3) is 0.231. The van der Waals surface area contributed by atoms with Crippen LogP contribution >= 0.6 is 0 Å². The molecule has 0 saturated carbocycles. The topological polar surface area (TPSA) is 67.6 Å². The Morgan fingerprint density at radius 2 is 2.18 bits per heavy atom. The standard InChI is InChI=1S/C13H14N4/c1-9-3-4-10(2)12(7-9)17-13(15)11(5-6-14)8-16-17/h3-4,7-8H,5,15H2,1-2H3. The fourth-order valence-corrected chi connectivity index (χ4v) is 1.75. The van der Waals surface area contributed by atoms with Gasteiger partial charge < -0.3 is 5.73 Å². The van der Waals surface area contributed by atoms with Crippen molar-refractivity contribution in [2.24, 2.45) is 0 Å². The van der Waals surface area contributed by atoms with Crippen LogP contribution in [0.1, 0.15) is 16.7 Å². The van der Waals surface area contributed by atoms with E-state index in [1.807, 2.05) is 26.0 Å². The van der Waals surface area contributed by atoms with Gasteiger partial charge in [-0.25, -0.2) is 4.68 Å². The first-order valence-electron chi connectivity index (χ1n) is 5.40. The van der Waals surface area contributed by atoms with Gasteiger partial charge in [0.15, 0.2) is 0 Å². The van der Waals surface area contributed by atoms with Crippen molar-refractivity contribution in [3.8, 4) is 11.8 Å². The number of hydrogen-bond acceptors (Lipinski definition) is 3. The van der Waals surface area contributed by atoms with Crippen LogP contribution in [0.5, 0.6) is 0 Å². The van der Waals surface area contributed by atoms with E-state index in [9.17, 15) is 0 Å². The van der Waals surface area contributed by atoms with Crippen LogP contribution in [0.4, 0.5) is 5.82 Å². The van der Waals surface area contributed by atoms with Gasteiger partial charge in [0.25, 0.3) is 0 Å². The van der Waals surface area contributed by atoms with Crippen molar-refractivity contribution in [2.75, 3.05) is 5.73 Å². The monoisotopic (exact) mass is 226 g/mol. The third-order valence-electron chi connectivity index (χ3n) is 2.75. The summed E-state index contributed by atoms with van der Waals surface area (Å²) in [5, 5.41) is 12.9. The number of nitriles is 1. The summed E-state index contributed by atoms with van der Waals surface area (Å²) >= 11 is 0. The number of nitrogen functional groups attached to an aromatic ring is 1. The van der Waals surface area contributed by atoms with Crippen molar-refractivity contribution in [1.82, 2.24) is 9.78 Å². The van der Waals surface area contributed by atoms with Crippen molar-refractivity contribution in [3.05, 3.63) is 41.1 Å². The summed E-state index contributed by atoms with van der Waals surface area (Å²) < 4.78 is 1.69. The van der Waals surface area contributed by atoms with E-state index in [1.165, 1.54) is 0 Å². The van der Waals surface area contributed by atoms with E-state index in [-0.39, 0.29) is 6.42 Å². The Morgan fingerprint density at radius 1 is 1.41 bits per heavy atom. The van der Waals surface area contributed by atoms with Crippen LogP contribution in [0, 0.1) is 25.2 Å². The van der Waals surface area contributed by atoms with Crippen LogP contribution in [-0.2, 0) is 6.42 Å². The first kappa shape index (κ1) is 11.2. The van der Waals surface area contributed by atoms with Crippen molar-refractivity contribution < 1.29 is 0 Å². The predicted octanol–water partition coefficient (Wildman–Crippen LogP) is 2.14. The number of aromatic nitrogens is 2. The van der Waals surface area contributed by atoms with Crippen LogP contribution in [-0.4, -0.2) is 9.78 Å². The van der Waals surface area contributed by atoms with Gasteiger partial charge >= 0.3 is 0 Å². The molecule has 0 aliphatic heterocycles. The summed E-state index contributed by atoms with van der Waals surface area (Å²) in [7, 11) is 0. The second kappa shape index (κ2) is 4.30. The molecule has 86 valence electrons. The zero-order valence-electron chi connectivity index (χ0n) is 9.94. The number of benzene rings is 1. The lowest BCUT2D eigenvalue weighted by Gasteiger charge is -2.09. The average Bonchev–Trinajstić information content (AvgIpc) is 2.65. The first-order valence-corrected chi connectivity index (χ1v) is 5.40. The number of aryl methyl sites for hydroxylation is 2. The highest BCUT2D eigenvalue weighted by Gasteiger charge is 2.10. The molecule has 1 aromatic heterocycles. The van der Waals surface area contributed by atoms with Gasteiger partial charge in [0.2, 0.25) is 0 Å². The van der Waals surface area contributed by atoms with Gasteiger partial charge in [-0.15, -0.1) is 0 Å². The molecule has 4 heteroatoms. The highest BCUT2D eigenvalue weighted by atomic mass is 15.3. The molecule has 0 aliphatic rings. The van der Waals surface area contributed by atoms with E-state index in [2.05, 4.69) is 17.2 Å². The van der Waals surface area contributed by atoms with Crippen molar-refractivity contribution >= 4 is 5.82 Å². The molecular weight excluding hydrogens is 212 g/mol. The highest BCUT2D eigenvalue weighted by molar-refractivity contribution is 5.51. The molecule has 0 bridgehead atoms. The van der Waals surface area contributed by atoms with Crippen molar-refractivity contribution in [2.45, 2.75) is 20.3 Å². The van der Waals surface area contributed by atoms with E-state index in [0.717, 1.165) is 22.4 Å². The first-order chi connectivity index (χ1) is 8.13. The average molecular weight is 226 g/mol. The second-order valence-electron chi connectivity index (χ2n) is 4.09. The molecule has 4 nitrogen and oxygen atoms in total. The van der Waals surface area contributed by atoms with Gasteiger partial charge in [0, 0.05) is 5.56 Å². The summed E-state index contributed by atoms with van der Waals surface area (Å²) in [6, 6.07) is 8.21. The number of nitrogens with two attached hydrogens (primary N) is 1. The van der Waals surface area contributed by atoms with Gasteiger partial charge in [-0.1, -0.05) is 12.1 Å². The molecule has 0 unspecified atom stereocenters. The molecular formula is C13H14N4. The van der Waals surface area contributed by atoms with Crippen LogP contribution in [0.15, 0.2) is 24.4 Å². The number of anilines is 1. The minimum absolute atomic E-state index is 0.288. The largest absolute Gasteiger partial charge is 0.383 e. The Bertz CT molecular complexity index is 590. The summed E-state index contributed by atoms with van der Waals surface area (Å²) in [5.41, 5.74) is 9.99. The third kappa shape index (κ3) is 2.00. The number of hydrogen-bond donors (Lipinski definition) is 1. The minimum Gasteiger partial charge on any atom is -0.383 e. The van der Waals surface area contributed by atoms with Crippen LogP contribution in [0.3, 0.4) is 0 Å². The molecule has 0 aliphatic carbocycles. The maximum atomic E-state index is 8.68. The molecule has 1 aromatic carbocycles. The minimum atomic E-state index is 0.288. The lowest BCUT2D eigenvalue weighted by atomic mass is 10.1. The Morgan fingerprint density at radius 3 is 2.88 bits per heavy atom. The van der Waals surface area contributed by atoms with Gasteiger partial charge in [0.1, 0.15) is 5.82 Å². The zero-order valence-corrected chi connectivity index (χ0v) is 9.94. The summed E-state index contributed by atoms with van der Waals surface area (Å²) in [5.74, 6) is 0.542. The quantitative estimate of drug-likeness (QED) is 0.853. The van der Waals surface area contributed by atoms with Crippen LogP contribution < -0.4 is 5.73 Å². The Labute approximate surface area is 100 Å². The highest BCUT2D eigenvalue weighted by Crippen LogP contribution is 2.21. The van der Waals surface area contributed by atoms with Gasteiger partial charge in [-0.3, -0.25) is 0 Å². The zero-order chi connectivity index (χ0) is 12.4. The Kier molecular flexibility index (Phi) is 2.84. The van der Waals surface area contributed by atoms with Crippen molar-refractivity contribution in [1.29, 1.82) is 5.26 Å². The molecule has 1 heterocycles. The summed E-state index contributed by atoms with van der Waals surface area (Å²) in [6.45, 7) is 4.04. The summed E-state index contributed by atoms with van der Waals surface area (Å²) in [4.78, 5) is 0. The smallest absolute Gasteiger partial charge is 0.131 e. The molecule has 17 heavy (non-hydrogen) atoms. The molecule has 0 saturated heterocycles. The second-order valence-corrected chi connectivity index (χ2v) is 4.09. The van der Waals surface area contributed by atoms with E-state index in [1.54, 1.807) is 10.9 Å². The van der Waals surface area contributed by atoms with E-state index < -0.39 is 0 Å². The van der Waals surface area contributed by atoms with Crippen LogP contribution in [0.25, 0.3) is 5.69 Å². The molecule has 0 radical (unpaired) electrons. The van der Waals surface area contributed by atoms with E-state index in [4.69, 9.17) is 11.0 Å². The van der Waals surface area contributed by atoms with Crippen molar-refractivity contribution in [3.63, 3.8) is 0 Å². The molecule has 2 aromatic rings. The predicted molar refractivity (Wildman–Crippen MR) is 66.8 cm³/mol. The molecule has 0 amide bonds. The van der Waals surface area contributed by atoms with Crippen LogP contribution in [0.2, 0.25) is 0 Å². The van der Waals surface area contributed by atoms with E-state index in [0.29, 0.717) is 5.82 Å². The number of rotatable bonds is 2. The molecule has 0 fully saturated rings. The maximum absolute atomic E-state index is 8.68. The molecule has 0 spiro atoms. The normalized spacial score (nSPS) is 10.2. The van der Waals surface area contributed by atoms with E-state index >= 15 is 0 Å². The van der Waals surface area contributed by atoms with Gasteiger partial charge in [0.05, 0.1) is 24.4 Å². The Balaban J connectivity index is 2.54. The lowest BCUT2D eigenvalue weighted by Crippen LogP contribution is -2.05. The summed E-state index contributed by atoms with van der Waals surface area (Å²) in [6.07, 6.45) is 1.94. The van der Waals surface area contributed by atoms with Gasteiger partial charge in [-0.05, 0) is 31.0 Å². The van der Waals surface area contributed by atoms with Gasteiger partial charge in [-0.2, -0.15) is 10.4 Å². The fourth-order valence-electron chi connectivity index (χ4n) is 1.75. The Hall–Kier alpha value is -2.28. The SMILES string of the molecule is Cc1ccc(C)c(-n2ncc(CC#N)c2N)c1. The molecule has 2 rings (SSSR count).